The minimum atomic E-state index is -1.28. The Labute approximate surface area is 133 Å². The smallest absolute Gasteiger partial charge is 0.382 e. The lowest BCUT2D eigenvalue weighted by Gasteiger charge is -2.10. The van der Waals surface area contributed by atoms with E-state index in [1.165, 1.54) is 0 Å². The minimum Gasteiger partial charge on any atom is -0.478 e. The first kappa shape index (κ1) is 18.4. The van der Waals surface area contributed by atoms with Gasteiger partial charge in [-0.2, -0.15) is 0 Å². The molecule has 0 aliphatic carbocycles. The van der Waals surface area contributed by atoms with Crippen LogP contribution in [0.4, 0.5) is 0 Å². The van der Waals surface area contributed by atoms with Gasteiger partial charge in [0.05, 0.1) is 0 Å². The Morgan fingerprint density at radius 3 is 2.43 bits per heavy atom. The zero-order valence-corrected chi connectivity index (χ0v) is 12.7. The predicted octanol–water partition coefficient (Wildman–Crippen LogP) is 1.37. The normalized spacial score (nSPS) is 12.3. The average molecular weight is 321 g/mol. The molecule has 7 heteroatoms. The first-order valence-corrected chi connectivity index (χ1v) is 7.09. The van der Waals surface area contributed by atoms with E-state index in [2.05, 4.69) is 9.78 Å². The molecule has 0 saturated carbocycles. The molecule has 0 bridgehead atoms. The first-order chi connectivity index (χ1) is 10.9. The molecule has 0 aliphatic heterocycles. The van der Waals surface area contributed by atoms with E-state index >= 15 is 0 Å². The van der Waals surface area contributed by atoms with Gasteiger partial charge in [-0.15, -0.1) is 0 Å². The molecular weight excluding hydrogens is 302 g/mol. The second-order valence-corrected chi connectivity index (χ2v) is 4.83. The van der Waals surface area contributed by atoms with Gasteiger partial charge in [-0.3, -0.25) is 0 Å². The molecule has 1 aromatic rings. The summed E-state index contributed by atoms with van der Waals surface area (Å²) in [4.78, 5) is 42.8. The molecule has 1 atom stereocenters. The van der Waals surface area contributed by atoms with Crippen LogP contribution in [-0.2, 0) is 30.6 Å². The van der Waals surface area contributed by atoms with Crippen LogP contribution < -0.4 is 5.73 Å². The van der Waals surface area contributed by atoms with Crippen molar-refractivity contribution >= 4 is 17.9 Å². The summed E-state index contributed by atoms with van der Waals surface area (Å²) in [6.45, 7) is 1.77. The number of carbonyl (C=O) groups is 3. The van der Waals surface area contributed by atoms with Gasteiger partial charge >= 0.3 is 17.9 Å². The summed E-state index contributed by atoms with van der Waals surface area (Å²) in [5.74, 6) is -3.21. The lowest BCUT2D eigenvalue weighted by Crippen LogP contribution is -2.35. The average Bonchev–Trinajstić information content (AvgIpc) is 2.52. The fourth-order valence-corrected chi connectivity index (χ4v) is 1.80. The molecule has 1 rings (SSSR count). The van der Waals surface area contributed by atoms with E-state index in [1.54, 1.807) is 31.2 Å². The molecule has 0 aromatic heterocycles. The Morgan fingerprint density at radius 1 is 1.22 bits per heavy atom. The second kappa shape index (κ2) is 9.37. The number of carbonyl (C=O) groups excluding carboxylic acids is 2. The number of hydrogen-bond donors (Lipinski definition) is 2. The summed E-state index contributed by atoms with van der Waals surface area (Å²) in [6.07, 6.45) is 1.68. The molecule has 0 radical (unpaired) electrons. The van der Waals surface area contributed by atoms with Crippen LogP contribution in [0, 0.1) is 0 Å². The van der Waals surface area contributed by atoms with E-state index in [9.17, 15) is 14.4 Å². The van der Waals surface area contributed by atoms with Gasteiger partial charge in [-0.25, -0.2) is 24.2 Å². The third kappa shape index (κ3) is 6.75. The Morgan fingerprint density at radius 2 is 1.87 bits per heavy atom. The number of benzene rings is 1. The highest BCUT2D eigenvalue weighted by molar-refractivity contribution is 5.95. The number of aliphatic carboxylic acids is 1. The summed E-state index contributed by atoms with van der Waals surface area (Å²) in [5.41, 5.74) is 6.42. The SMILES string of the molecule is CCC/C(=C\C(=O)O)C(=O)OOC(=O)C(N)Cc1ccccc1. The van der Waals surface area contributed by atoms with Crippen LogP contribution >= 0.6 is 0 Å². The van der Waals surface area contributed by atoms with Crippen LogP contribution in [0.5, 0.6) is 0 Å². The van der Waals surface area contributed by atoms with E-state index in [4.69, 9.17) is 10.8 Å². The molecule has 0 spiro atoms. The number of nitrogens with two attached hydrogens (primary N) is 1. The zero-order chi connectivity index (χ0) is 17.2. The van der Waals surface area contributed by atoms with E-state index in [0.29, 0.717) is 6.42 Å². The van der Waals surface area contributed by atoms with Gasteiger partial charge in [-0.1, -0.05) is 43.7 Å². The van der Waals surface area contributed by atoms with Gasteiger partial charge < -0.3 is 10.8 Å². The largest absolute Gasteiger partial charge is 0.478 e. The Kier molecular flexibility index (Phi) is 7.49. The summed E-state index contributed by atoms with van der Waals surface area (Å²) < 4.78 is 0. The third-order valence-corrected chi connectivity index (χ3v) is 2.88. The molecule has 1 aromatic carbocycles. The van der Waals surface area contributed by atoms with Gasteiger partial charge in [0.1, 0.15) is 6.04 Å². The van der Waals surface area contributed by atoms with Crippen LogP contribution in [0.2, 0.25) is 0 Å². The number of hydrogen-bond acceptors (Lipinski definition) is 6. The van der Waals surface area contributed by atoms with E-state index in [0.717, 1.165) is 11.6 Å². The molecule has 0 heterocycles. The molecule has 0 fully saturated rings. The first-order valence-electron chi connectivity index (χ1n) is 7.09. The molecule has 3 N–H and O–H groups in total. The van der Waals surface area contributed by atoms with Crippen LogP contribution in [0.15, 0.2) is 42.0 Å². The Hall–Kier alpha value is -2.67. The van der Waals surface area contributed by atoms with Gasteiger partial charge in [0.25, 0.3) is 0 Å². The lowest BCUT2D eigenvalue weighted by atomic mass is 10.1. The highest BCUT2D eigenvalue weighted by Gasteiger charge is 2.21. The van der Waals surface area contributed by atoms with Gasteiger partial charge in [0, 0.05) is 11.6 Å². The summed E-state index contributed by atoms with van der Waals surface area (Å²) in [7, 11) is 0. The van der Waals surface area contributed by atoms with Crippen molar-refractivity contribution in [3.05, 3.63) is 47.5 Å². The van der Waals surface area contributed by atoms with Gasteiger partial charge in [0.2, 0.25) is 0 Å². The highest BCUT2D eigenvalue weighted by Crippen LogP contribution is 2.09. The fraction of sp³-hybridized carbons (Fsp3) is 0.312. The van der Waals surface area contributed by atoms with Crippen LogP contribution in [-0.4, -0.2) is 29.1 Å². The third-order valence-electron chi connectivity index (χ3n) is 2.88. The Balaban J connectivity index is 2.53. The van der Waals surface area contributed by atoms with E-state index < -0.39 is 23.9 Å². The molecule has 1 unspecified atom stereocenters. The van der Waals surface area contributed by atoms with Crippen LogP contribution in [0.1, 0.15) is 25.3 Å². The number of carboxylic acid groups (broad SMARTS) is 1. The maximum Gasteiger partial charge on any atom is 0.382 e. The highest BCUT2D eigenvalue weighted by atomic mass is 17.2. The number of rotatable bonds is 7. The van der Waals surface area contributed by atoms with Crippen molar-refractivity contribution in [2.45, 2.75) is 32.2 Å². The molecule has 0 saturated heterocycles. The quantitative estimate of drug-likeness (QED) is 0.442. The molecule has 23 heavy (non-hydrogen) atoms. The molecule has 7 nitrogen and oxygen atoms in total. The maximum absolute atomic E-state index is 11.7. The molecule has 0 amide bonds. The van der Waals surface area contributed by atoms with Crippen molar-refractivity contribution in [1.82, 2.24) is 0 Å². The van der Waals surface area contributed by atoms with Crippen molar-refractivity contribution in [2.24, 2.45) is 5.73 Å². The monoisotopic (exact) mass is 321 g/mol. The summed E-state index contributed by atoms with van der Waals surface area (Å²) in [5, 5.41) is 8.68. The van der Waals surface area contributed by atoms with Gasteiger partial charge in [0.15, 0.2) is 0 Å². The predicted molar refractivity (Wildman–Crippen MR) is 80.9 cm³/mol. The van der Waals surface area contributed by atoms with Gasteiger partial charge in [-0.05, 0) is 18.4 Å². The van der Waals surface area contributed by atoms with Crippen molar-refractivity contribution in [3.8, 4) is 0 Å². The van der Waals surface area contributed by atoms with E-state index in [-0.39, 0.29) is 18.4 Å². The molecular formula is C16H19NO6. The van der Waals surface area contributed by atoms with Crippen molar-refractivity contribution in [2.75, 3.05) is 0 Å². The second-order valence-electron chi connectivity index (χ2n) is 4.83. The van der Waals surface area contributed by atoms with Crippen molar-refractivity contribution in [1.29, 1.82) is 0 Å². The fourth-order valence-electron chi connectivity index (χ4n) is 1.80. The van der Waals surface area contributed by atoms with Crippen molar-refractivity contribution in [3.63, 3.8) is 0 Å². The zero-order valence-electron chi connectivity index (χ0n) is 12.7. The molecule has 124 valence electrons. The Bertz CT molecular complexity index is 581. The lowest BCUT2D eigenvalue weighted by molar-refractivity contribution is -0.256. The minimum absolute atomic E-state index is 0.0931. The summed E-state index contributed by atoms with van der Waals surface area (Å²) in [6, 6.07) is 8.05. The van der Waals surface area contributed by atoms with Crippen LogP contribution in [0.25, 0.3) is 0 Å². The number of carboxylic acids is 1. The van der Waals surface area contributed by atoms with Crippen LogP contribution in [0.3, 0.4) is 0 Å². The van der Waals surface area contributed by atoms with E-state index in [1.807, 2.05) is 6.07 Å². The maximum atomic E-state index is 11.7. The summed E-state index contributed by atoms with van der Waals surface area (Å²) >= 11 is 0. The standard InChI is InChI=1S/C16H19NO6/c1-2-6-12(10-14(18)19)15(20)22-23-16(21)13(17)9-11-7-4-3-5-8-11/h3-5,7-8,10,13H,2,6,9,17H2,1H3,(H,18,19)/b12-10+. The van der Waals surface area contributed by atoms with Crippen molar-refractivity contribution < 1.29 is 29.3 Å². The topological polar surface area (TPSA) is 116 Å². The molecule has 0 aliphatic rings.